The van der Waals surface area contributed by atoms with Crippen LogP contribution in [0.3, 0.4) is 0 Å². The first-order chi connectivity index (χ1) is 8.51. The third kappa shape index (κ3) is 3.03. The van der Waals surface area contributed by atoms with Crippen molar-refractivity contribution in [1.29, 1.82) is 0 Å². The summed E-state index contributed by atoms with van der Waals surface area (Å²) >= 11 is 0. The zero-order valence-electron chi connectivity index (χ0n) is 10.4. The fourth-order valence-electron chi connectivity index (χ4n) is 1.31. The molecule has 0 saturated carbocycles. The smallest absolute Gasteiger partial charge is 0.357 e. The standard InChI is InChI=1S/C12H14FNO4/c1-4-17-11(15)8-6-7(3)10(13)14-9(8)12(16)18-5-2/h6H,4-5H2,1-3H3. The van der Waals surface area contributed by atoms with Crippen LogP contribution in [-0.2, 0) is 9.47 Å². The maximum Gasteiger partial charge on any atom is 0.357 e. The number of halogens is 1. The van der Waals surface area contributed by atoms with Crippen molar-refractivity contribution in [1.82, 2.24) is 4.98 Å². The molecule has 0 aromatic carbocycles. The summed E-state index contributed by atoms with van der Waals surface area (Å²) in [6.07, 6.45) is 0. The van der Waals surface area contributed by atoms with Gasteiger partial charge < -0.3 is 9.47 Å². The lowest BCUT2D eigenvalue weighted by Gasteiger charge is -2.08. The van der Waals surface area contributed by atoms with Gasteiger partial charge in [-0.1, -0.05) is 0 Å². The second-order valence-corrected chi connectivity index (χ2v) is 3.43. The highest BCUT2D eigenvalue weighted by Crippen LogP contribution is 2.14. The van der Waals surface area contributed by atoms with E-state index in [9.17, 15) is 14.0 Å². The summed E-state index contributed by atoms with van der Waals surface area (Å²) < 4.78 is 22.8. The van der Waals surface area contributed by atoms with Gasteiger partial charge >= 0.3 is 11.9 Å². The molecule has 0 aliphatic heterocycles. The van der Waals surface area contributed by atoms with E-state index in [0.717, 1.165) is 0 Å². The normalized spacial score (nSPS) is 10.0. The van der Waals surface area contributed by atoms with E-state index in [0.29, 0.717) is 0 Å². The molecule has 0 N–H and O–H groups in total. The Kier molecular flexibility index (Phi) is 4.76. The van der Waals surface area contributed by atoms with Crippen LogP contribution in [0, 0.1) is 12.9 Å². The molecule has 1 aromatic rings. The van der Waals surface area contributed by atoms with Gasteiger partial charge in [-0.25, -0.2) is 14.6 Å². The van der Waals surface area contributed by atoms with Gasteiger partial charge in [-0.15, -0.1) is 0 Å². The number of hydrogen-bond donors (Lipinski definition) is 0. The van der Waals surface area contributed by atoms with Crippen LogP contribution in [-0.4, -0.2) is 30.1 Å². The zero-order valence-corrected chi connectivity index (χ0v) is 10.4. The SMILES string of the molecule is CCOC(=O)c1cc(C)c(F)nc1C(=O)OCC. The van der Waals surface area contributed by atoms with E-state index in [1.807, 2.05) is 0 Å². The van der Waals surface area contributed by atoms with Gasteiger partial charge in [0.05, 0.1) is 18.8 Å². The molecule has 0 aliphatic rings. The van der Waals surface area contributed by atoms with Crippen LogP contribution in [0.4, 0.5) is 4.39 Å². The number of carbonyl (C=O) groups excluding carboxylic acids is 2. The molecule has 98 valence electrons. The average molecular weight is 255 g/mol. The van der Waals surface area contributed by atoms with Crippen LogP contribution in [0.1, 0.15) is 40.3 Å². The minimum absolute atomic E-state index is 0.0887. The van der Waals surface area contributed by atoms with E-state index in [4.69, 9.17) is 9.47 Å². The lowest BCUT2D eigenvalue weighted by Crippen LogP contribution is -2.17. The highest BCUT2D eigenvalue weighted by molar-refractivity contribution is 6.01. The van der Waals surface area contributed by atoms with Gasteiger partial charge in [-0.3, -0.25) is 0 Å². The van der Waals surface area contributed by atoms with Crippen molar-refractivity contribution in [3.63, 3.8) is 0 Å². The van der Waals surface area contributed by atoms with Gasteiger partial charge in [0.15, 0.2) is 5.69 Å². The van der Waals surface area contributed by atoms with Gasteiger partial charge in [-0.05, 0) is 26.8 Å². The number of aryl methyl sites for hydroxylation is 1. The first kappa shape index (κ1) is 14.1. The molecule has 1 heterocycles. The summed E-state index contributed by atoms with van der Waals surface area (Å²) in [5.41, 5.74) is -0.293. The molecule has 5 nitrogen and oxygen atoms in total. The van der Waals surface area contributed by atoms with Crippen LogP contribution in [0.15, 0.2) is 6.07 Å². The van der Waals surface area contributed by atoms with E-state index in [-0.39, 0.29) is 30.0 Å². The zero-order chi connectivity index (χ0) is 13.7. The molecular weight excluding hydrogens is 241 g/mol. The Hall–Kier alpha value is -1.98. The van der Waals surface area contributed by atoms with Gasteiger partial charge in [0, 0.05) is 5.56 Å². The van der Waals surface area contributed by atoms with Crippen molar-refractivity contribution in [3.05, 3.63) is 28.8 Å². The lowest BCUT2D eigenvalue weighted by atomic mass is 10.1. The minimum Gasteiger partial charge on any atom is -0.462 e. The van der Waals surface area contributed by atoms with E-state index in [1.165, 1.54) is 13.0 Å². The summed E-state index contributed by atoms with van der Waals surface area (Å²) in [4.78, 5) is 26.7. The highest BCUT2D eigenvalue weighted by Gasteiger charge is 2.23. The monoisotopic (exact) mass is 255 g/mol. The van der Waals surface area contributed by atoms with Gasteiger partial charge in [0.1, 0.15) is 0 Å². The number of rotatable bonds is 4. The summed E-state index contributed by atoms with van der Waals surface area (Å²) in [5, 5.41) is 0. The highest BCUT2D eigenvalue weighted by atomic mass is 19.1. The van der Waals surface area contributed by atoms with Crippen molar-refractivity contribution >= 4 is 11.9 Å². The van der Waals surface area contributed by atoms with Crippen molar-refractivity contribution in [2.24, 2.45) is 0 Å². The maximum atomic E-state index is 13.3. The number of aromatic nitrogens is 1. The molecule has 6 heteroatoms. The summed E-state index contributed by atoms with van der Waals surface area (Å²) in [6, 6.07) is 1.23. The molecule has 0 aliphatic carbocycles. The third-order valence-corrected chi connectivity index (χ3v) is 2.12. The first-order valence-electron chi connectivity index (χ1n) is 5.52. The van der Waals surface area contributed by atoms with Gasteiger partial charge in [-0.2, -0.15) is 4.39 Å². The molecule has 0 atom stereocenters. The molecule has 0 spiro atoms. The predicted octanol–water partition coefficient (Wildman–Crippen LogP) is 1.88. The van der Waals surface area contributed by atoms with Crippen molar-refractivity contribution in [2.75, 3.05) is 13.2 Å². The number of carbonyl (C=O) groups is 2. The Morgan fingerprint density at radius 2 is 1.78 bits per heavy atom. The van der Waals surface area contributed by atoms with E-state index < -0.39 is 17.9 Å². The Morgan fingerprint density at radius 1 is 1.22 bits per heavy atom. The largest absolute Gasteiger partial charge is 0.462 e. The number of hydrogen-bond acceptors (Lipinski definition) is 5. The third-order valence-electron chi connectivity index (χ3n) is 2.12. The fraction of sp³-hybridized carbons (Fsp3) is 0.417. The van der Waals surface area contributed by atoms with Crippen LogP contribution in [0.2, 0.25) is 0 Å². The number of ether oxygens (including phenoxy) is 2. The van der Waals surface area contributed by atoms with Gasteiger partial charge in [0.2, 0.25) is 5.95 Å². The molecule has 0 radical (unpaired) electrons. The van der Waals surface area contributed by atoms with Gasteiger partial charge in [0.25, 0.3) is 0 Å². The van der Waals surface area contributed by atoms with Crippen molar-refractivity contribution in [3.8, 4) is 0 Å². The maximum absolute atomic E-state index is 13.3. The Labute approximate surface area is 104 Å². The minimum atomic E-state index is -0.848. The van der Waals surface area contributed by atoms with Crippen molar-refractivity contribution < 1.29 is 23.5 Å². The van der Waals surface area contributed by atoms with Crippen LogP contribution in [0.25, 0.3) is 0 Å². The second-order valence-electron chi connectivity index (χ2n) is 3.43. The molecule has 1 aromatic heterocycles. The first-order valence-corrected chi connectivity index (χ1v) is 5.52. The van der Waals surface area contributed by atoms with E-state index >= 15 is 0 Å². The molecule has 0 fully saturated rings. The molecule has 0 amide bonds. The second kappa shape index (κ2) is 6.09. The molecular formula is C12H14FNO4. The molecule has 18 heavy (non-hydrogen) atoms. The summed E-state index contributed by atoms with van der Waals surface area (Å²) in [6.45, 7) is 4.94. The Balaban J connectivity index is 3.25. The fourth-order valence-corrected chi connectivity index (χ4v) is 1.31. The summed E-state index contributed by atoms with van der Waals surface area (Å²) in [7, 11) is 0. The van der Waals surface area contributed by atoms with Crippen LogP contribution >= 0.6 is 0 Å². The number of pyridine rings is 1. The van der Waals surface area contributed by atoms with E-state index in [1.54, 1.807) is 13.8 Å². The van der Waals surface area contributed by atoms with Crippen LogP contribution in [0.5, 0.6) is 0 Å². The lowest BCUT2D eigenvalue weighted by molar-refractivity contribution is 0.0472. The van der Waals surface area contributed by atoms with Crippen LogP contribution < -0.4 is 0 Å². The van der Waals surface area contributed by atoms with Crippen molar-refractivity contribution in [2.45, 2.75) is 20.8 Å². The topological polar surface area (TPSA) is 65.5 Å². The molecule has 0 bridgehead atoms. The Morgan fingerprint density at radius 3 is 2.33 bits per heavy atom. The average Bonchev–Trinajstić information content (AvgIpc) is 2.32. The molecule has 0 unspecified atom stereocenters. The summed E-state index contributed by atoms with van der Waals surface area (Å²) in [5.74, 6) is -2.39. The predicted molar refractivity (Wildman–Crippen MR) is 60.8 cm³/mol. The molecule has 0 saturated heterocycles. The van der Waals surface area contributed by atoms with E-state index in [2.05, 4.69) is 4.98 Å². The molecule has 1 rings (SSSR count). The number of nitrogens with zero attached hydrogens (tertiary/aromatic N) is 1. The quantitative estimate of drug-likeness (QED) is 0.607. The number of esters is 2. The Bertz CT molecular complexity index is 430.